The predicted molar refractivity (Wildman–Crippen MR) is 95.0 cm³/mol. The second kappa shape index (κ2) is 6.98. The summed E-state index contributed by atoms with van der Waals surface area (Å²) in [5.74, 6) is 0.336. The largest absolute Gasteiger partial charge is 0.484 e. The third-order valence-corrected chi connectivity index (χ3v) is 3.97. The van der Waals surface area contributed by atoms with Crippen LogP contribution in [0.15, 0.2) is 59.2 Å². The maximum atomic E-state index is 11.9. The molecular formula is C17H12BrClN2O2. The summed E-state index contributed by atoms with van der Waals surface area (Å²) in [6, 6.07) is 15.0. The van der Waals surface area contributed by atoms with E-state index in [1.807, 2.05) is 36.4 Å². The zero-order chi connectivity index (χ0) is 16.2. The summed E-state index contributed by atoms with van der Waals surface area (Å²) < 4.78 is 6.55. The van der Waals surface area contributed by atoms with Crippen molar-refractivity contribution in [1.29, 1.82) is 0 Å². The number of carbonyl (C=O) groups is 1. The highest BCUT2D eigenvalue weighted by Gasteiger charge is 2.07. The summed E-state index contributed by atoms with van der Waals surface area (Å²) in [4.78, 5) is 15.8. The van der Waals surface area contributed by atoms with Gasteiger partial charge in [0.1, 0.15) is 5.75 Å². The third kappa shape index (κ3) is 4.00. The van der Waals surface area contributed by atoms with Gasteiger partial charge in [-0.15, -0.1) is 0 Å². The topological polar surface area (TPSA) is 51.2 Å². The number of nitrogens with one attached hydrogen (secondary N) is 1. The minimum absolute atomic E-state index is 0.104. The molecule has 0 bridgehead atoms. The lowest BCUT2D eigenvalue weighted by Gasteiger charge is -2.09. The fourth-order valence-corrected chi connectivity index (χ4v) is 2.64. The lowest BCUT2D eigenvalue weighted by atomic mass is 10.1. The molecule has 6 heteroatoms. The number of ether oxygens (including phenoxy) is 1. The Kier molecular flexibility index (Phi) is 4.79. The van der Waals surface area contributed by atoms with Crippen molar-refractivity contribution in [2.75, 3.05) is 11.9 Å². The number of pyridine rings is 1. The lowest BCUT2D eigenvalue weighted by molar-refractivity contribution is -0.118. The number of benzene rings is 2. The highest BCUT2D eigenvalue weighted by atomic mass is 79.9. The lowest BCUT2D eigenvalue weighted by Crippen LogP contribution is -2.20. The van der Waals surface area contributed by atoms with Crippen molar-refractivity contribution >= 4 is 49.9 Å². The molecule has 4 nitrogen and oxygen atoms in total. The van der Waals surface area contributed by atoms with E-state index < -0.39 is 0 Å². The molecule has 3 aromatic rings. The molecule has 116 valence electrons. The van der Waals surface area contributed by atoms with E-state index in [1.165, 1.54) is 0 Å². The van der Waals surface area contributed by atoms with Gasteiger partial charge in [-0.3, -0.25) is 4.79 Å². The van der Waals surface area contributed by atoms with E-state index in [-0.39, 0.29) is 17.7 Å². The number of amides is 1. The number of nitrogens with zero attached hydrogens (tertiary/aromatic N) is 1. The van der Waals surface area contributed by atoms with E-state index in [1.54, 1.807) is 18.3 Å². The normalized spacial score (nSPS) is 10.5. The summed E-state index contributed by atoms with van der Waals surface area (Å²) in [5, 5.41) is 5.05. The molecule has 2 aromatic carbocycles. The maximum Gasteiger partial charge on any atom is 0.262 e. The molecule has 0 unspecified atom stereocenters. The molecule has 0 saturated carbocycles. The molecule has 0 aliphatic carbocycles. The van der Waals surface area contributed by atoms with Crippen molar-refractivity contribution in [3.8, 4) is 5.75 Å². The van der Waals surface area contributed by atoms with Crippen molar-refractivity contribution in [3.05, 3.63) is 64.4 Å². The standard InChI is InChI=1S/C17H12BrClN2O2/c18-13-5-3-12-9-14(6-4-11(12)8-13)23-10-16(22)21-15-2-1-7-20-17(15)19/h1-9H,10H2,(H,21,22). The van der Waals surface area contributed by atoms with Gasteiger partial charge >= 0.3 is 0 Å². The molecule has 1 N–H and O–H groups in total. The monoisotopic (exact) mass is 390 g/mol. The minimum Gasteiger partial charge on any atom is -0.484 e. The highest BCUT2D eigenvalue weighted by Crippen LogP contribution is 2.24. The maximum absolute atomic E-state index is 11.9. The van der Waals surface area contributed by atoms with Crippen LogP contribution in [0.5, 0.6) is 5.75 Å². The Bertz CT molecular complexity index is 870. The van der Waals surface area contributed by atoms with Crippen LogP contribution in [0.1, 0.15) is 0 Å². The van der Waals surface area contributed by atoms with E-state index in [2.05, 4.69) is 26.2 Å². The van der Waals surface area contributed by atoms with Crippen LogP contribution in [0.2, 0.25) is 5.15 Å². The first kappa shape index (κ1) is 15.8. The Morgan fingerprint density at radius 2 is 1.96 bits per heavy atom. The van der Waals surface area contributed by atoms with Gasteiger partial charge in [-0.2, -0.15) is 0 Å². The summed E-state index contributed by atoms with van der Waals surface area (Å²) in [6.07, 6.45) is 1.56. The summed E-state index contributed by atoms with van der Waals surface area (Å²) in [6.45, 7) is -0.104. The SMILES string of the molecule is O=C(COc1ccc2cc(Br)ccc2c1)Nc1cccnc1Cl. The molecule has 0 radical (unpaired) electrons. The van der Waals surface area contributed by atoms with Crippen LogP contribution in [-0.2, 0) is 4.79 Å². The Labute approximate surface area is 146 Å². The van der Waals surface area contributed by atoms with Crippen LogP contribution in [0, 0.1) is 0 Å². The molecule has 0 aliphatic heterocycles. The molecule has 1 heterocycles. The number of halogens is 2. The van der Waals surface area contributed by atoms with Gasteiger partial charge in [-0.05, 0) is 47.2 Å². The van der Waals surface area contributed by atoms with Crippen LogP contribution in [0.4, 0.5) is 5.69 Å². The van der Waals surface area contributed by atoms with E-state index >= 15 is 0 Å². The van der Waals surface area contributed by atoms with Gasteiger partial charge in [0.05, 0.1) is 5.69 Å². The second-order valence-electron chi connectivity index (χ2n) is 4.83. The van der Waals surface area contributed by atoms with E-state index in [0.717, 1.165) is 15.2 Å². The number of hydrogen-bond acceptors (Lipinski definition) is 3. The van der Waals surface area contributed by atoms with Crippen LogP contribution in [-0.4, -0.2) is 17.5 Å². The van der Waals surface area contributed by atoms with Crippen molar-refractivity contribution < 1.29 is 9.53 Å². The van der Waals surface area contributed by atoms with Gasteiger partial charge in [0.25, 0.3) is 5.91 Å². The Morgan fingerprint density at radius 3 is 2.78 bits per heavy atom. The fraction of sp³-hybridized carbons (Fsp3) is 0.0588. The summed E-state index contributed by atoms with van der Waals surface area (Å²) in [7, 11) is 0. The van der Waals surface area contributed by atoms with Gasteiger partial charge in [-0.1, -0.05) is 39.7 Å². The average Bonchev–Trinajstić information content (AvgIpc) is 2.55. The van der Waals surface area contributed by atoms with E-state index in [0.29, 0.717) is 11.4 Å². The van der Waals surface area contributed by atoms with Crippen LogP contribution >= 0.6 is 27.5 Å². The van der Waals surface area contributed by atoms with Crippen molar-refractivity contribution in [1.82, 2.24) is 4.98 Å². The number of fused-ring (bicyclic) bond motifs is 1. The quantitative estimate of drug-likeness (QED) is 0.658. The Balaban J connectivity index is 1.65. The molecule has 0 aliphatic rings. The molecular weight excluding hydrogens is 380 g/mol. The molecule has 1 amide bonds. The van der Waals surface area contributed by atoms with E-state index in [4.69, 9.17) is 16.3 Å². The van der Waals surface area contributed by atoms with Crippen LogP contribution in [0.3, 0.4) is 0 Å². The van der Waals surface area contributed by atoms with Gasteiger partial charge in [0, 0.05) is 10.7 Å². The first-order chi connectivity index (χ1) is 11.1. The smallest absolute Gasteiger partial charge is 0.262 e. The van der Waals surface area contributed by atoms with Crippen LogP contribution in [0.25, 0.3) is 10.8 Å². The molecule has 0 spiro atoms. The second-order valence-corrected chi connectivity index (χ2v) is 6.11. The van der Waals surface area contributed by atoms with Crippen molar-refractivity contribution in [2.24, 2.45) is 0 Å². The molecule has 0 saturated heterocycles. The number of anilines is 1. The molecule has 23 heavy (non-hydrogen) atoms. The predicted octanol–water partition coefficient (Wildman–Crippen LogP) is 4.67. The number of aromatic nitrogens is 1. The Hall–Kier alpha value is -2.11. The molecule has 3 rings (SSSR count). The summed E-state index contributed by atoms with van der Waals surface area (Å²) in [5.41, 5.74) is 0.464. The van der Waals surface area contributed by atoms with Gasteiger partial charge in [0.2, 0.25) is 0 Å². The highest BCUT2D eigenvalue weighted by molar-refractivity contribution is 9.10. The third-order valence-electron chi connectivity index (χ3n) is 3.18. The van der Waals surface area contributed by atoms with Crippen LogP contribution < -0.4 is 10.1 Å². The van der Waals surface area contributed by atoms with Gasteiger partial charge in [0.15, 0.2) is 11.8 Å². The van der Waals surface area contributed by atoms with E-state index in [9.17, 15) is 4.79 Å². The Morgan fingerprint density at radius 1 is 1.17 bits per heavy atom. The first-order valence-corrected chi connectivity index (χ1v) is 8.01. The molecule has 0 atom stereocenters. The zero-order valence-corrected chi connectivity index (χ0v) is 14.3. The van der Waals surface area contributed by atoms with Crippen molar-refractivity contribution in [3.63, 3.8) is 0 Å². The van der Waals surface area contributed by atoms with Crippen molar-refractivity contribution in [2.45, 2.75) is 0 Å². The number of carbonyl (C=O) groups excluding carboxylic acids is 1. The molecule has 1 aromatic heterocycles. The van der Waals surface area contributed by atoms with Gasteiger partial charge < -0.3 is 10.1 Å². The zero-order valence-electron chi connectivity index (χ0n) is 11.9. The van der Waals surface area contributed by atoms with Gasteiger partial charge in [-0.25, -0.2) is 4.98 Å². The molecule has 0 fully saturated rings. The number of hydrogen-bond donors (Lipinski definition) is 1. The summed E-state index contributed by atoms with van der Waals surface area (Å²) >= 11 is 9.33. The average molecular weight is 392 g/mol. The number of rotatable bonds is 4. The fourth-order valence-electron chi connectivity index (χ4n) is 2.10. The minimum atomic E-state index is -0.296. The first-order valence-electron chi connectivity index (χ1n) is 6.84.